The molecule has 148 valence electrons. The topological polar surface area (TPSA) is 75.6 Å². The molecule has 2 N–H and O–H groups in total. The molecule has 0 aliphatic rings. The Bertz CT molecular complexity index is 1040. The number of aryl methyl sites for hydroxylation is 1. The van der Waals surface area contributed by atoms with Crippen LogP contribution in [0.5, 0.6) is 0 Å². The molecule has 2 heterocycles. The van der Waals surface area contributed by atoms with Crippen molar-refractivity contribution < 1.29 is 22.4 Å². The van der Waals surface area contributed by atoms with Crippen molar-refractivity contribution >= 4 is 23.2 Å². The van der Waals surface area contributed by atoms with Gasteiger partial charge in [-0.05, 0) is 31.5 Å². The van der Waals surface area contributed by atoms with E-state index >= 15 is 0 Å². The summed E-state index contributed by atoms with van der Waals surface area (Å²) in [6.45, 7) is 3.54. The first-order valence-electron chi connectivity index (χ1n) is 7.98. The lowest BCUT2D eigenvalue weighted by Gasteiger charge is -2.08. The monoisotopic (exact) mass is 415 g/mol. The van der Waals surface area contributed by atoms with Gasteiger partial charge in [-0.15, -0.1) is 0 Å². The van der Waals surface area contributed by atoms with Crippen LogP contribution in [0.1, 0.15) is 33.1 Å². The molecule has 0 fully saturated rings. The van der Waals surface area contributed by atoms with Gasteiger partial charge in [0, 0.05) is 11.1 Å². The number of nitrogens with zero attached hydrogens (tertiary/aromatic N) is 3. The van der Waals surface area contributed by atoms with E-state index in [1.54, 1.807) is 23.6 Å². The number of benzene rings is 1. The van der Waals surface area contributed by atoms with Crippen LogP contribution in [0.15, 0.2) is 24.3 Å². The summed E-state index contributed by atoms with van der Waals surface area (Å²) in [5, 5.41) is 12.2. The second-order valence-electron chi connectivity index (χ2n) is 6.06. The maximum absolute atomic E-state index is 13.2. The third-order valence-electron chi connectivity index (χ3n) is 4.07. The maximum Gasteiger partial charge on any atom is 0.432 e. The van der Waals surface area contributed by atoms with Crippen LogP contribution in [0.2, 0.25) is 5.02 Å². The number of rotatable bonds is 4. The van der Waals surface area contributed by atoms with Crippen molar-refractivity contribution in [2.75, 3.05) is 5.32 Å². The zero-order valence-electron chi connectivity index (χ0n) is 14.7. The molecule has 0 aliphatic heterocycles. The predicted molar refractivity (Wildman–Crippen MR) is 93.8 cm³/mol. The lowest BCUT2D eigenvalue weighted by molar-refractivity contribution is -0.141. The van der Waals surface area contributed by atoms with Crippen LogP contribution < -0.4 is 5.32 Å². The number of carbonyl (C=O) groups is 1. The van der Waals surface area contributed by atoms with E-state index in [4.69, 9.17) is 11.6 Å². The van der Waals surface area contributed by atoms with E-state index in [9.17, 15) is 22.4 Å². The van der Waals surface area contributed by atoms with Crippen LogP contribution in [0, 0.1) is 19.7 Å². The Balaban J connectivity index is 1.82. The number of anilines is 1. The van der Waals surface area contributed by atoms with Crippen molar-refractivity contribution in [1.82, 2.24) is 20.0 Å². The molecule has 3 aromatic rings. The van der Waals surface area contributed by atoms with E-state index in [2.05, 4.69) is 15.5 Å². The second kappa shape index (κ2) is 7.27. The molecule has 1 amide bonds. The van der Waals surface area contributed by atoms with Crippen LogP contribution in [0.25, 0.3) is 0 Å². The molecule has 0 saturated carbocycles. The summed E-state index contributed by atoms with van der Waals surface area (Å²) in [7, 11) is 0. The first-order chi connectivity index (χ1) is 13.1. The highest BCUT2D eigenvalue weighted by Gasteiger charge is 2.34. The standard InChI is InChI=1S/C17H14ClF4N5O/c1-8-15(23-16(28)13-6-14(25-24-13)17(20,21)22)9(2)27(26-8)7-10-3-4-11(19)5-12(10)18/h3-6H,7H2,1-2H3,(H,23,28)(H,24,25). The van der Waals surface area contributed by atoms with Crippen molar-refractivity contribution in [1.29, 1.82) is 0 Å². The molecule has 0 spiro atoms. The number of H-pyrrole nitrogens is 1. The molecule has 0 bridgehead atoms. The normalized spacial score (nSPS) is 11.7. The molecule has 0 aliphatic carbocycles. The van der Waals surface area contributed by atoms with Crippen molar-refractivity contribution in [2.45, 2.75) is 26.6 Å². The van der Waals surface area contributed by atoms with Gasteiger partial charge in [-0.1, -0.05) is 17.7 Å². The van der Waals surface area contributed by atoms with E-state index in [1.165, 1.54) is 18.2 Å². The third-order valence-corrected chi connectivity index (χ3v) is 4.42. The molecule has 0 radical (unpaired) electrons. The highest BCUT2D eigenvalue weighted by molar-refractivity contribution is 6.31. The fourth-order valence-corrected chi connectivity index (χ4v) is 2.83. The summed E-state index contributed by atoms with van der Waals surface area (Å²) in [4.78, 5) is 12.3. The van der Waals surface area contributed by atoms with Crippen LogP contribution in [0.4, 0.5) is 23.2 Å². The molecular formula is C17H14ClF4N5O. The van der Waals surface area contributed by atoms with Crippen molar-refractivity contribution in [3.05, 3.63) is 63.4 Å². The fourth-order valence-electron chi connectivity index (χ4n) is 2.60. The van der Waals surface area contributed by atoms with E-state index in [0.717, 1.165) is 0 Å². The number of halogens is 5. The molecular weight excluding hydrogens is 402 g/mol. The summed E-state index contributed by atoms with van der Waals surface area (Å²) in [6, 6.07) is 4.60. The number of amides is 1. The van der Waals surface area contributed by atoms with Gasteiger partial charge >= 0.3 is 6.18 Å². The van der Waals surface area contributed by atoms with E-state index < -0.39 is 29.3 Å². The van der Waals surface area contributed by atoms with Crippen LogP contribution >= 0.6 is 11.6 Å². The Morgan fingerprint density at radius 2 is 2.00 bits per heavy atom. The summed E-state index contributed by atoms with van der Waals surface area (Å²) < 4.78 is 52.6. The van der Waals surface area contributed by atoms with Gasteiger partial charge in [0.25, 0.3) is 5.91 Å². The van der Waals surface area contributed by atoms with Crippen LogP contribution in [-0.4, -0.2) is 25.9 Å². The minimum Gasteiger partial charge on any atom is -0.317 e. The zero-order valence-corrected chi connectivity index (χ0v) is 15.4. The molecule has 0 unspecified atom stereocenters. The molecule has 1 aromatic carbocycles. The number of carbonyl (C=O) groups excluding carboxylic acids is 1. The Morgan fingerprint density at radius 1 is 1.29 bits per heavy atom. The zero-order chi connectivity index (χ0) is 20.6. The molecule has 3 rings (SSSR count). The minimum atomic E-state index is -4.63. The lowest BCUT2D eigenvalue weighted by Crippen LogP contribution is -2.14. The van der Waals surface area contributed by atoms with E-state index in [-0.39, 0.29) is 11.6 Å². The van der Waals surface area contributed by atoms with Gasteiger partial charge in [0.2, 0.25) is 0 Å². The number of hydrogen-bond acceptors (Lipinski definition) is 3. The van der Waals surface area contributed by atoms with Gasteiger partial charge < -0.3 is 5.32 Å². The van der Waals surface area contributed by atoms with Gasteiger partial charge in [0.05, 0.1) is 23.6 Å². The van der Waals surface area contributed by atoms with Crippen molar-refractivity contribution in [3.63, 3.8) is 0 Å². The van der Waals surface area contributed by atoms with Gasteiger partial charge in [0.15, 0.2) is 5.69 Å². The largest absolute Gasteiger partial charge is 0.432 e. The van der Waals surface area contributed by atoms with Crippen molar-refractivity contribution in [2.24, 2.45) is 0 Å². The Labute approximate surface area is 161 Å². The lowest BCUT2D eigenvalue weighted by atomic mass is 10.2. The van der Waals surface area contributed by atoms with E-state index in [0.29, 0.717) is 28.7 Å². The number of hydrogen-bond donors (Lipinski definition) is 2. The third kappa shape index (κ3) is 4.01. The van der Waals surface area contributed by atoms with Crippen LogP contribution in [0.3, 0.4) is 0 Å². The molecule has 28 heavy (non-hydrogen) atoms. The number of aromatic nitrogens is 4. The number of nitrogens with one attached hydrogen (secondary N) is 2. The Hall–Kier alpha value is -2.88. The quantitative estimate of drug-likeness (QED) is 0.622. The Kier molecular flexibility index (Phi) is 5.16. The molecule has 0 saturated heterocycles. The SMILES string of the molecule is Cc1nn(Cc2ccc(F)cc2Cl)c(C)c1NC(=O)c1cc(C(F)(F)F)[nH]n1. The minimum absolute atomic E-state index is 0.224. The molecule has 0 atom stereocenters. The van der Waals surface area contributed by atoms with Gasteiger partial charge in [-0.3, -0.25) is 14.6 Å². The maximum atomic E-state index is 13.2. The van der Waals surface area contributed by atoms with Crippen molar-refractivity contribution in [3.8, 4) is 0 Å². The van der Waals surface area contributed by atoms with Gasteiger partial charge in [-0.25, -0.2) is 4.39 Å². The smallest absolute Gasteiger partial charge is 0.317 e. The summed E-state index contributed by atoms with van der Waals surface area (Å²) in [6.07, 6.45) is -4.63. The van der Waals surface area contributed by atoms with E-state index in [1.807, 2.05) is 0 Å². The molecule has 11 heteroatoms. The molecule has 2 aromatic heterocycles. The van der Waals surface area contributed by atoms with Gasteiger partial charge in [-0.2, -0.15) is 23.4 Å². The highest BCUT2D eigenvalue weighted by Crippen LogP contribution is 2.28. The van der Waals surface area contributed by atoms with Gasteiger partial charge in [0.1, 0.15) is 11.5 Å². The summed E-state index contributed by atoms with van der Waals surface area (Å²) in [5.74, 6) is -1.27. The molecule has 6 nitrogen and oxygen atoms in total. The average molecular weight is 416 g/mol. The second-order valence-corrected chi connectivity index (χ2v) is 6.47. The average Bonchev–Trinajstić information content (AvgIpc) is 3.19. The summed E-state index contributed by atoms with van der Waals surface area (Å²) in [5.41, 5.74) is 0.454. The Morgan fingerprint density at radius 3 is 2.61 bits per heavy atom. The number of aromatic amines is 1. The summed E-state index contributed by atoms with van der Waals surface area (Å²) >= 11 is 6.03. The predicted octanol–water partition coefficient (Wildman–Crippen LogP) is 4.33. The highest BCUT2D eigenvalue weighted by atomic mass is 35.5. The fraction of sp³-hybridized carbons (Fsp3) is 0.235. The van der Waals surface area contributed by atoms with Crippen LogP contribution in [-0.2, 0) is 12.7 Å². The first-order valence-corrected chi connectivity index (χ1v) is 8.36. The first kappa shape index (κ1) is 19.9. The number of alkyl halides is 3.